The highest BCUT2D eigenvalue weighted by molar-refractivity contribution is 5.94. The van der Waals surface area contributed by atoms with E-state index in [9.17, 15) is 0 Å². The van der Waals surface area contributed by atoms with Crippen molar-refractivity contribution in [3.05, 3.63) is 77.6 Å². The molecule has 5 rings (SSSR count). The van der Waals surface area contributed by atoms with Crippen LogP contribution in [-0.4, -0.2) is 31.8 Å². The maximum absolute atomic E-state index is 6.24. The first kappa shape index (κ1) is 22.5. The Bertz CT molecular complexity index is 1210. The molecule has 1 aromatic heterocycles. The minimum Gasteiger partial charge on any atom is -0.496 e. The Morgan fingerprint density at radius 2 is 1.88 bits per heavy atom. The lowest BCUT2D eigenvalue weighted by molar-refractivity contribution is 0.315. The fourth-order valence-corrected chi connectivity index (χ4v) is 4.22. The number of fused-ring (bicyclic) bond motifs is 2. The molecular formula is C25H25ClN4O3. The third-order valence-corrected chi connectivity index (χ3v) is 5.77. The van der Waals surface area contributed by atoms with Crippen LogP contribution in [0.15, 0.2) is 71.5 Å². The number of nitrogens with two attached hydrogens (primary N) is 1. The Morgan fingerprint density at radius 3 is 2.58 bits per heavy atom. The molecule has 1 atom stereocenters. The predicted molar refractivity (Wildman–Crippen MR) is 131 cm³/mol. The van der Waals surface area contributed by atoms with Gasteiger partial charge < -0.3 is 25.3 Å². The standard InChI is InChI=1S/C25H24N4O3.ClH/c1-30-18-12-20(31-2)22-21(13-18)32-11-9-19-23(28-25(26)29-24(19)22)16-7-5-15(6-8-16)17-4-3-10-27-14-17;/h3-8,10,12-14,23H,9,11H2,1-2H3,(H3,26,28,29);1H. The van der Waals surface area contributed by atoms with Gasteiger partial charge in [-0.3, -0.25) is 4.98 Å². The van der Waals surface area contributed by atoms with Crippen molar-refractivity contribution in [2.45, 2.75) is 12.5 Å². The summed E-state index contributed by atoms with van der Waals surface area (Å²) in [6.45, 7) is 0.517. The van der Waals surface area contributed by atoms with Crippen molar-refractivity contribution in [3.8, 4) is 28.4 Å². The van der Waals surface area contributed by atoms with E-state index < -0.39 is 0 Å². The third kappa shape index (κ3) is 4.19. The average molecular weight is 465 g/mol. The van der Waals surface area contributed by atoms with Gasteiger partial charge in [-0.1, -0.05) is 30.3 Å². The minimum atomic E-state index is -0.212. The zero-order valence-corrected chi connectivity index (χ0v) is 19.2. The van der Waals surface area contributed by atoms with E-state index in [2.05, 4.69) is 34.6 Å². The number of nitrogens with zero attached hydrogens (tertiary/aromatic N) is 2. The molecule has 0 amide bonds. The lowest BCUT2D eigenvalue weighted by Gasteiger charge is -2.27. The third-order valence-electron chi connectivity index (χ3n) is 5.77. The second-order valence-electron chi connectivity index (χ2n) is 7.61. The smallest absolute Gasteiger partial charge is 0.194 e. The molecule has 2 aliphatic rings. The van der Waals surface area contributed by atoms with E-state index in [1.54, 1.807) is 20.4 Å². The highest BCUT2D eigenvalue weighted by Crippen LogP contribution is 2.45. The second kappa shape index (κ2) is 9.42. The molecule has 0 spiro atoms. The average Bonchev–Trinajstić information content (AvgIpc) is 3.03. The molecule has 0 fully saturated rings. The maximum Gasteiger partial charge on any atom is 0.194 e. The second-order valence-corrected chi connectivity index (χ2v) is 7.61. The molecule has 8 heteroatoms. The largest absolute Gasteiger partial charge is 0.496 e. The van der Waals surface area contributed by atoms with E-state index in [4.69, 9.17) is 24.9 Å². The molecule has 170 valence electrons. The molecule has 33 heavy (non-hydrogen) atoms. The number of guanidine groups is 1. The molecular weight excluding hydrogens is 440 g/mol. The van der Waals surface area contributed by atoms with Gasteiger partial charge in [-0.2, -0.15) is 0 Å². The zero-order valence-electron chi connectivity index (χ0n) is 18.4. The molecule has 0 bridgehead atoms. The summed E-state index contributed by atoms with van der Waals surface area (Å²) in [6.07, 6.45) is 4.33. The van der Waals surface area contributed by atoms with E-state index in [0.29, 0.717) is 36.2 Å². The molecule has 0 radical (unpaired) electrons. The van der Waals surface area contributed by atoms with Gasteiger partial charge in [0.2, 0.25) is 0 Å². The first-order chi connectivity index (χ1) is 15.7. The van der Waals surface area contributed by atoms with Crippen LogP contribution in [0.2, 0.25) is 0 Å². The molecule has 1 unspecified atom stereocenters. The van der Waals surface area contributed by atoms with Crippen LogP contribution in [0.1, 0.15) is 23.6 Å². The number of nitrogens with one attached hydrogen (secondary N) is 1. The fraction of sp³-hybridized carbons (Fsp3) is 0.200. The molecule has 2 aromatic carbocycles. The van der Waals surface area contributed by atoms with Crippen LogP contribution >= 0.6 is 12.4 Å². The summed E-state index contributed by atoms with van der Waals surface area (Å²) in [5, 5.41) is 3.26. The summed E-state index contributed by atoms with van der Waals surface area (Å²) in [6, 6.07) is 15.9. The van der Waals surface area contributed by atoms with Crippen molar-refractivity contribution in [1.29, 1.82) is 0 Å². The lowest BCUT2D eigenvalue weighted by Crippen LogP contribution is -2.35. The van der Waals surface area contributed by atoms with Crippen LogP contribution < -0.4 is 25.3 Å². The summed E-state index contributed by atoms with van der Waals surface area (Å²) in [4.78, 5) is 8.94. The number of benzene rings is 2. The highest BCUT2D eigenvalue weighted by Gasteiger charge is 2.31. The van der Waals surface area contributed by atoms with Crippen LogP contribution in [-0.2, 0) is 0 Å². The van der Waals surface area contributed by atoms with Gasteiger partial charge in [-0.15, -0.1) is 12.4 Å². The van der Waals surface area contributed by atoms with Gasteiger partial charge in [0, 0.05) is 30.9 Å². The van der Waals surface area contributed by atoms with Gasteiger partial charge in [0.15, 0.2) is 5.96 Å². The van der Waals surface area contributed by atoms with Crippen molar-refractivity contribution in [2.24, 2.45) is 10.7 Å². The summed E-state index contributed by atoms with van der Waals surface area (Å²) in [5.74, 6) is 2.38. The van der Waals surface area contributed by atoms with Gasteiger partial charge in [0.05, 0.1) is 32.1 Å². The lowest BCUT2D eigenvalue weighted by atomic mass is 9.90. The van der Waals surface area contributed by atoms with Crippen molar-refractivity contribution < 1.29 is 14.2 Å². The van der Waals surface area contributed by atoms with E-state index in [1.807, 2.05) is 30.5 Å². The number of ether oxygens (including phenoxy) is 3. The van der Waals surface area contributed by atoms with E-state index in [1.165, 1.54) is 0 Å². The van der Waals surface area contributed by atoms with Crippen molar-refractivity contribution in [3.63, 3.8) is 0 Å². The number of halogens is 1. The Labute approximate surface area is 198 Å². The quantitative estimate of drug-likeness (QED) is 0.596. The molecule has 7 nitrogen and oxygen atoms in total. The predicted octanol–water partition coefficient (Wildman–Crippen LogP) is 4.34. The van der Waals surface area contributed by atoms with Crippen molar-refractivity contribution in [1.82, 2.24) is 10.3 Å². The molecule has 3 heterocycles. The maximum atomic E-state index is 6.24. The van der Waals surface area contributed by atoms with Crippen LogP contribution in [0, 0.1) is 0 Å². The van der Waals surface area contributed by atoms with Crippen molar-refractivity contribution >= 4 is 24.1 Å². The number of hydrogen-bond donors (Lipinski definition) is 2. The van der Waals surface area contributed by atoms with Gasteiger partial charge in [-0.25, -0.2) is 4.99 Å². The number of methoxy groups -OCH3 is 2. The topological polar surface area (TPSA) is 91.0 Å². The summed E-state index contributed by atoms with van der Waals surface area (Å²) in [7, 11) is 3.26. The summed E-state index contributed by atoms with van der Waals surface area (Å²) < 4.78 is 17.2. The zero-order chi connectivity index (χ0) is 22.1. The first-order valence-electron chi connectivity index (χ1n) is 10.4. The molecule has 0 saturated carbocycles. The summed E-state index contributed by atoms with van der Waals surface area (Å²) in [5.41, 5.74) is 12.3. The number of aliphatic imine (C=N–C) groups is 1. The van der Waals surface area contributed by atoms with Gasteiger partial charge in [0.1, 0.15) is 23.3 Å². The SMILES string of the molecule is COc1cc(OC)c2c(c1)OCCC1=C2NC(N)=NC1c1ccc(-c2cccnc2)cc1.Cl. The molecule has 3 aromatic rings. The van der Waals surface area contributed by atoms with Crippen LogP contribution in [0.5, 0.6) is 17.2 Å². The number of rotatable bonds is 4. The first-order valence-corrected chi connectivity index (χ1v) is 10.4. The monoisotopic (exact) mass is 464 g/mol. The summed E-state index contributed by atoms with van der Waals surface area (Å²) >= 11 is 0. The number of pyridine rings is 1. The van der Waals surface area contributed by atoms with Crippen molar-refractivity contribution in [2.75, 3.05) is 20.8 Å². The van der Waals surface area contributed by atoms with Gasteiger partial charge >= 0.3 is 0 Å². The minimum absolute atomic E-state index is 0. The van der Waals surface area contributed by atoms with Crippen LogP contribution in [0.3, 0.4) is 0 Å². The van der Waals surface area contributed by atoms with Gasteiger partial charge in [-0.05, 0) is 28.3 Å². The molecule has 0 aliphatic carbocycles. The van der Waals surface area contributed by atoms with Crippen LogP contribution in [0.4, 0.5) is 0 Å². The van der Waals surface area contributed by atoms with E-state index in [0.717, 1.165) is 33.5 Å². The van der Waals surface area contributed by atoms with E-state index in [-0.39, 0.29) is 18.4 Å². The Balaban J connectivity index is 0.00000259. The molecule has 0 saturated heterocycles. The van der Waals surface area contributed by atoms with Crippen LogP contribution in [0.25, 0.3) is 16.8 Å². The van der Waals surface area contributed by atoms with Gasteiger partial charge in [0.25, 0.3) is 0 Å². The Kier molecular flexibility index (Phi) is 6.42. The number of hydrogen-bond acceptors (Lipinski definition) is 7. The Hall–Kier alpha value is -3.71. The normalized spacial score (nSPS) is 16.7. The fourth-order valence-electron chi connectivity index (χ4n) is 4.22. The number of aromatic nitrogens is 1. The highest BCUT2D eigenvalue weighted by atomic mass is 35.5. The molecule has 2 aliphatic heterocycles. The Morgan fingerprint density at radius 1 is 1.06 bits per heavy atom. The van der Waals surface area contributed by atoms with E-state index >= 15 is 0 Å². The molecule has 3 N–H and O–H groups in total.